The van der Waals surface area contributed by atoms with Crippen molar-refractivity contribution in [1.82, 2.24) is 5.32 Å². The lowest BCUT2D eigenvalue weighted by atomic mass is 10.2. The SMILES string of the molecule is C[C@H](Oc1ccc(N(C)S(C)(=O)=O)cc1)C(=O)NCc1ccc(Cl)cc1. The molecular formula is C18H21ClN2O4S. The van der Waals surface area contributed by atoms with Crippen LogP contribution in [0.5, 0.6) is 5.75 Å². The number of rotatable bonds is 7. The van der Waals surface area contributed by atoms with Crippen molar-refractivity contribution in [2.24, 2.45) is 0 Å². The first-order valence-electron chi connectivity index (χ1n) is 7.89. The molecule has 0 aromatic heterocycles. The second kappa shape index (κ2) is 8.42. The van der Waals surface area contributed by atoms with Crippen molar-refractivity contribution in [3.8, 4) is 5.75 Å². The number of hydrogen-bond donors (Lipinski definition) is 1. The van der Waals surface area contributed by atoms with Crippen LogP contribution in [0.15, 0.2) is 48.5 Å². The second-order valence-corrected chi connectivity index (χ2v) is 8.28. The Morgan fingerprint density at radius 2 is 1.73 bits per heavy atom. The number of nitrogens with one attached hydrogen (secondary N) is 1. The number of nitrogens with zero attached hydrogens (tertiary/aromatic N) is 1. The van der Waals surface area contributed by atoms with Crippen LogP contribution >= 0.6 is 11.6 Å². The normalized spacial score (nSPS) is 12.3. The minimum absolute atomic E-state index is 0.253. The molecule has 0 bridgehead atoms. The van der Waals surface area contributed by atoms with Crippen molar-refractivity contribution in [2.45, 2.75) is 19.6 Å². The van der Waals surface area contributed by atoms with Gasteiger partial charge in [0.1, 0.15) is 5.75 Å². The molecule has 140 valence electrons. The molecule has 1 amide bonds. The average Bonchev–Trinajstić information content (AvgIpc) is 2.60. The summed E-state index contributed by atoms with van der Waals surface area (Å²) in [6, 6.07) is 13.7. The van der Waals surface area contributed by atoms with E-state index in [1.165, 1.54) is 11.4 Å². The highest BCUT2D eigenvalue weighted by atomic mass is 35.5. The van der Waals surface area contributed by atoms with E-state index in [1.54, 1.807) is 43.3 Å². The van der Waals surface area contributed by atoms with Crippen molar-refractivity contribution in [2.75, 3.05) is 17.6 Å². The zero-order valence-corrected chi connectivity index (χ0v) is 16.3. The number of hydrogen-bond acceptors (Lipinski definition) is 4. The molecule has 0 aliphatic rings. The van der Waals surface area contributed by atoms with Gasteiger partial charge in [0.2, 0.25) is 10.0 Å². The van der Waals surface area contributed by atoms with Gasteiger partial charge in [-0.2, -0.15) is 0 Å². The van der Waals surface area contributed by atoms with Crippen LogP contribution in [0.1, 0.15) is 12.5 Å². The fourth-order valence-electron chi connectivity index (χ4n) is 2.12. The van der Waals surface area contributed by atoms with Gasteiger partial charge in [-0.05, 0) is 48.9 Å². The quantitative estimate of drug-likeness (QED) is 0.780. The predicted octanol–water partition coefficient (Wildman–Crippen LogP) is 2.82. The van der Waals surface area contributed by atoms with Gasteiger partial charge in [-0.3, -0.25) is 9.10 Å². The Morgan fingerprint density at radius 1 is 1.15 bits per heavy atom. The van der Waals surface area contributed by atoms with E-state index in [-0.39, 0.29) is 5.91 Å². The van der Waals surface area contributed by atoms with Gasteiger partial charge in [0, 0.05) is 18.6 Å². The van der Waals surface area contributed by atoms with E-state index < -0.39 is 16.1 Å². The molecule has 1 atom stereocenters. The molecule has 0 aliphatic carbocycles. The molecule has 2 rings (SSSR count). The van der Waals surface area contributed by atoms with E-state index in [2.05, 4.69) is 5.32 Å². The standard InChI is InChI=1S/C18H21ClN2O4S/c1-13(18(22)20-12-14-4-6-15(19)7-5-14)25-17-10-8-16(9-11-17)21(2)26(3,23)24/h4-11,13H,12H2,1-3H3,(H,20,22)/t13-/m0/s1. The smallest absolute Gasteiger partial charge is 0.261 e. The Kier molecular flexibility index (Phi) is 6.50. The van der Waals surface area contributed by atoms with Gasteiger partial charge in [-0.15, -0.1) is 0 Å². The molecule has 26 heavy (non-hydrogen) atoms. The Labute approximate surface area is 158 Å². The predicted molar refractivity (Wildman–Crippen MR) is 103 cm³/mol. The molecular weight excluding hydrogens is 376 g/mol. The summed E-state index contributed by atoms with van der Waals surface area (Å²) < 4.78 is 29.8. The van der Waals surface area contributed by atoms with Gasteiger partial charge in [0.25, 0.3) is 5.91 Å². The largest absolute Gasteiger partial charge is 0.481 e. The molecule has 0 fully saturated rings. The second-order valence-electron chi connectivity index (χ2n) is 5.83. The minimum Gasteiger partial charge on any atom is -0.481 e. The van der Waals surface area contributed by atoms with E-state index in [1.807, 2.05) is 12.1 Å². The van der Waals surface area contributed by atoms with E-state index in [0.29, 0.717) is 23.0 Å². The van der Waals surface area contributed by atoms with Crippen LogP contribution in [-0.4, -0.2) is 33.7 Å². The first kappa shape index (κ1) is 20.1. The van der Waals surface area contributed by atoms with Crippen LogP contribution in [0.2, 0.25) is 5.02 Å². The highest BCUT2D eigenvalue weighted by Gasteiger charge is 2.15. The van der Waals surface area contributed by atoms with E-state index >= 15 is 0 Å². The highest BCUT2D eigenvalue weighted by Crippen LogP contribution is 2.21. The Hall–Kier alpha value is -2.25. The Bertz CT molecular complexity index is 852. The van der Waals surface area contributed by atoms with Crippen molar-refractivity contribution in [3.63, 3.8) is 0 Å². The third-order valence-electron chi connectivity index (χ3n) is 3.76. The maximum absolute atomic E-state index is 12.1. The zero-order valence-electron chi connectivity index (χ0n) is 14.8. The summed E-state index contributed by atoms with van der Waals surface area (Å²) in [5, 5.41) is 3.43. The summed E-state index contributed by atoms with van der Waals surface area (Å²) >= 11 is 5.83. The van der Waals surface area contributed by atoms with Crippen molar-refractivity contribution in [3.05, 3.63) is 59.1 Å². The molecule has 0 spiro atoms. The van der Waals surface area contributed by atoms with Crippen LogP contribution in [0.4, 0.5) is 5.69 Å². The molecule has 0 saturated carbocycles. The third-order valence-corrected chi connectivity index (χ3v) is 5.22. The molecule has 6 nitrogen and oxygen atoms in total. The minimum atomic E-state index is -3.32. The van der Waals surface area contributed by atoms with Gasteiger partial charge in [-0.25, -0.2) is 8.42 Å². The number of ether oxygens (including phenoxy) is 1. The van der Waals surface area contributed by atoms with Crippen molar-refractivity contribution in [1.29, 1.82) is 0 Å². The average molecular weight is 397 g/mol. The summed E-state index contributed by atoms with van der Waals surface area (Å²) in [5.74, 6) is 0.224. The molecule has 0 unspecified atom stereocenters. The van der Waals surface area contributed by atoms with Crippen molar-refractivity contribution >= 4 is 33.2 Å². The van der Waals surface area contributed by atoms with Crippen LogP contribution in [0, 0.1) is 0 Å². The lowest BCUT2D eigenvalue weighted by molar-refractivity contribution is -0.127. The van der Waals surface area contributed by atoms with Crippen LogP contribution in [0.25, 0.3) is 0 Å². The number of carbonyl (C=O) groups is 1. The van der Waals surface area contributed by atoms with Crippen molar-refractivity contribution < 1.29 is 17.9 Å². The molecule has 2 aromatic rings. The molecule has 0 aliphatic heterocycles. The summed E-state index contributed by atoms with van der Waals surface area (Å²) in [5.41, 5.74) is 1.45. The summed E-state index contributed by atoms with van der Waals surface area (Å²) in [7, 11) is -1.85. The fourth-order valence-corrected chi connectivity index (χ4v) is 2.75. The first-order valence-corrected chi connectivity index (χ1v) is 10.1. The monoisotopic (exact) mass is 396 g/mol. The summed E-state index contributed by atoms with van der Waals surface area (Å²) in [6.45, 7) is 2.02. The Morgan fingerprint density at radius 3 is 2.27 bits per heavy atom. The lowest BCUT2D eigenvalue weighted by Gasteiger charge is -2.18. The van der Waals surface area contributed by atoms with Crippen LogP contribution in [-0.2, 0) is 21.4 Å². The number of carbonyl (C=O) groups excluding carboxylic acids is 1. The number of amides is 1. The van der Waals surface area contributed by atoms with Crippen LogP contribution in [0.3, 0.4) is 0 Å². The summed E-state index contributed by atoms with van der Waals surface area (Å²) in [4.78, 5) is 12.1. The van der Waals surface area contributed by atoms with E-state index in [0.717, 1.165) is 11.8 Å². The number of benzene rings is 2. The number of sulfonamides is 1. The maximum atomic E-state index is 12.1. The molecule has 0 heterocycles. The van der Waals surface area contributed by atoms with Gasteiger partial charge < -0.3 is 10.1 Å². The zero-order chi connectivity index (χ0) is 19.3. The van der Waals surface area contributed by atoms with E-state index in [4.69, 9.17) is 16.3 Å². The molecule has 0 radical (unpaired) electrons. The molecule has 1 N–H and O–H groups in total. The van der Waals surface area contributed by atoms with Crippen LogP contribution < -0.4 is 14.4 Å². The van der Waals surface area contributed by atoms with Gasteiger partial charge >= 0.3 is 0 Å². The molecule has 0 saturated heterocycles. The highest BCUT2D eigenvalue weighted by molar-refractivity contribution is 7.92. The van der Waals surface area contributed by atoms with Gasteiger partial charge in [-0.1, -0.05) is 23.7 Å². The van der Waals surface area contributed by atoms with E-state index in [9.17, 15) is 13.2 Å². The number of halogens is 1. The molecule has 2 aromatic carbocycles. The summed E-state index contributed by atoms with van der Waals surface area (Å²) in [6.07, 6.45) is 0.436. The fraction of sp³-hybridized carbons (Fsp3) is 0.278. The Balaban J connectivity index is 1.91. The third kappa shape index (κ3) is 5.64. The lowest BCUT2D eigenvalue weighted by Crippen LogP contribution is -2.35. The maximum Gasteiger partial charge on any atom is 0.261 e. The first-order chi connectivity index (χ1) is 12.2. The topological polar surface area (TPSA) is 75.7 Å². The van der Waals surface area contributed by atoms with Gasteiger partial charge in [0.15, 0.2) is 6.10 Å². The molecule has 8 heteroatoms. The van der Waals surface area contributed by atoms with Gasteiger partial charge in [0.05, 0.1) is 11.9 Å². The number of anilines is 1.